The van der Waals surface area contributed by atoms with Gasteiger partial charge in [0.1, 0.15) is 5.54 Å². The lowest BCUT2D eigenvalue weighted by atomic mass is 9.96. The van der Waals surface area contributed by atoms with E-state index >= 15 is 0 Å². The quantitative estimate of drug-likeness (QED) is 0.523. The Morgan fingerprint density at radius 1 is 1.43 bits per heavy atom. The molecule has 0 fully saturated rings. The van der Waals surface area contributed by atoms with Crippen molar-refractivity contribution in [3.63, 3.8) is 0 Å². The lowest BCUT2D eigenvalue weighted by molar-refractivity contribution is -0.126. The van der Waals surface area contributed by atoms with Crippen LogP contribution in [0.2, 0.25) is 0 Å². The highest BCUT2D eigenvalue weighted by atomic mass is 16.5. The lowest BCUT2D eigenvalue weighted by Gasteiger charge is -2.29. The van der Waals surface area contributed by atoms with Crippen LogP contribution in [0.15, 0.2) is 0 Å². The van der Waals surface area contributed by atoms with Crippen molar-refractivity contribution in [1.29, 1.82) is 0 Å². The van der Waals surface area contributed by atoms with Gasteiger partial charge in [0.2, 0.25) is 5.91 Å². The third-order valence-electron chi connectivity index (χ3n) is 2.24. The number of nitrogens with one attached hydrogen (secondary N) is 1. The molecule has 5 heteroatoms. The van der Waals surface area contributed by atoms with Crippen LogP contribution < -0.4 is 11.1 Å². The second-order valence-corrected chi connectivity index (χ2v) is 3.15. The van der Waals surface area contributed by atoms with Gasteiger partial charge in [0.25, 0.3) is 0 Å². The first-order chi connectivity index (χ1) is 6.63. The van der Waals surface area contributed by atoms with E-state index in [0.717, 1.165) is 0 Å². The highest BCUT2D eigenvalue weighted by molar-refractivity contribution is 5.84. The first-order valence-corrected chi connectivity index (χ1v) is 4.65. The van der Waals surface area contributed by atoms with Gasteiger partial charge in [0, 0.05) is 20.8 Å². The Kier molecular flexibility index (Phi) is 6.44. The minimum Gasteiger partial charge on any atom is -0.383 e. The molecule has 0 spiro atoms. The number of carbonyl (C=O) groups excluding carboxylic acids is 1. The summed E-state index contributed by atoms with van der Waals surface area (Å²) in [6.07, 6.45) is 0.597. The molecule has 1 unspecified atom stereocenters. The predicted octanol–water partition coefficient (Wildman–Crippen LogP) is -0.497. The number of methoxy groups -OCH3 is 2. The Hall–Kier alpha value is -0.650. The van der Waals surface area contributed by atoms with E-state index in [1.54, 1.807) is 14.2 Å². The third kappa shape index (κ3) is 3.61. The Bertz CT molecular complexity index is 175. The monoisotopic (exact) mass is 204 g/mol. The van der Waals surface area contributed by atoms with Gasteiger partial charge in [-0.1, -0.05) is 6.92 Å². The molecular weight excluding hydrogens is 184 g/mol. The van der Waals surface area contributed by atoms with Crippen molar-refractivity contribution in [3.8, 4) is 0 Å². The van der Waals surface area contributed by atoms with Crippen LogP contribution in [0, 0.1) is 0 Å². The molecule has 0 aromatic carbocycles. The molecule has 0 heterocycles. The summed E-state index contributed by atoms with van der Waals surface area (Å²) in [5.74, 6) is -0.391. The molecule has 0 aromatic rings. The van der Waals surface area contributed by atoms with Gasteiger partial charge in [-0.25, -0.2) is 0 Å². The van der Waals surface area contributed by atoms with Gasteiger partial charge in [0.15, 0.2) is 0 Å². The van der Waals surface area contributed by atoms with Crippen LogP contribution in [0.3, 0.4) is 0 Å². The van der Waals surface area contributed by atoms with E-state index in [1.165, 1.54) is 0 Å². The van der Waals surface area contributed by atoms with Gasteiger partial charge in [-0.15, -0.1) is 0 Å². The van der Waals surface area contributed by atoms with Crippen LogP contribution in [0.4, 0.5) is 0 Å². The van der Waals surface area contributed by atoms with Crippen molar-refractivity contribution in [3.05, 3.63) is 0 Å². The highest BCUT2D eigenvalue weighted by Crippen LogP contribution is 2.09. The Labute approximate surface area is 84.9 Å². The maximum atomic E-state index is 11.3. The van der Waals surface area contributed by atoms with Gasteiger partial charge in [-0.2, -0.15) is 0 Å². The largest absolute Gasteiger partial charge is 0.383 e. The number of ether oxygens (including phenoxy) is 2. The first kappa shape index (κ1) is 13.4. The highest BCUT2D eigenvalue weighted by Gasteiger charge is 2.33. The van der Waals surface area contributed by atoms with Crippen molar-refractivity contribution in [2.24, 2.45) is 5.73 Å². The maximum Gasteiger partial charge on any atom is 0.240 e. The average molecular weight is 204 g/mol. The maximum absolute atomic E-state index is 11.3. The molecule has 5 nitrogen and oxygen atoms in total. The van der Waals surface area contributed by atoms with Crippen LogP contribution in [0.25, 0.3) is 0 Å². The van der Waals surface area contributed by atoms with Gasteiger partial charge >= 0.3 is 0 Å². The van der Waals surface area contributed by atoms with Crippen molar-refractivity contribution in [2.75, 3.05) is 34.0 Å². The van der Waals surface area contributed by atoms with E-state index in [9.17, 15) is 4.79 Å². The summed E-state index contributed by atoms with van der Waals surface area (Å²) in [4.78, 5) is 11.3. The summed E-state index contributed by atoms with van der Waals surface area (Å²) in [6, 6.07) is 0. The van der Waals surface area contributed by atoms with Crippen LogP contribution in [-0.4, -0.2) is 45.4 Å². The van der Waals surface area contributed by atoms with Gasteiger partial charge in [-0.3, -0.25) is 10.1 Å². The molecule has 14 heavy (non-hydrogen) atoms. The molecule has 0 aliphatic rings. The minimum atomic E-state index is -0.771. The van der Waals surface area contributed by atoms with E-state index < -0.39 is 11.4 Å². The topological polar surface area (TPSA) is 73.6 Å². The molecule has 0 saturated heterocycles. The molecular formula is C9H20N2O3. The predicted molar refractivity (Wildman–Crippen MR) is 54.0 cm³/mol. The fraction of sp³-hybridized carbons (Fsp3) is 0.889. The summed E-state index contributed by atoms with van der Waals surface area (Å²) in [6.45, 7) is 3.29. The minimum absolute atomic E-state index is 0.280. The summed E-state index contributed by atoms with van der Waals surface area (Å²) in [5, 5.41) is 3.06. The second kappa shape index (κ2) is 6.75. The molecule has 0 aromatic heterocycles. The molecule has 0 rings (SSSR count). The number of nitrogens with two attached hydrogens (primary N) is 1. The molecule has 84 valence electrons. The van der Waals surface area contributed by atoms with Crippen molar-refractivity contribution >= 4 is 5.91 Å². The summed E-state index contributed by atoms with van der Waals surface area (Å²) >= 11 is 0. The van der Waals surface area contributed by atoms with Crippen LogP contribution in [0.1, 0.15) is 13.3 Å². The zero-order valence-electron chi connectivity index (χ0n) is 9.13. The number of amides is 1. The second-order valence-electron chi connectivity index (χ2n) is 3.15. The number of rotatable bonds is 8. The number of carbonyl (C=O) groups is 1. The summed E-state index contributed by atoms with van der Waals surface area (Å²) in [7, 11) is 3.15. The zero-order valence-corrected chi connectivity index (χ0v) is 9.13. The number of hydrogen-bond acceptors (Lipinski definition) is 4. The Morgan fingerprint density at radius 3 is 2.43 bits per heavy atom. The average Bonchev–Trinajstić information content (AvgIpc) is 2.16. The fourth-order valence-electron chi connectivity index (χ4n) is 1.25. The summed E-state index contributed by atoms with van der Waals surface area (Å²) in [5.41, 5.74) is 4.56. The standard InChI is InChI=1S/C9H20N2O3/c1-4-9(7-14-3,8(10)12)11-5-6-13-2/h11H,4-7H2,1-3H3,(H2,10,12). The van der Waals surface area contributed by atoms with E-state index in [4.69, 9.17) is 15.2 Å². The summed E-state index contributed by atoms with van der Waals surface area (Å²) < 4.78 is 9.87. The fourth-order valence-corrected chi connectivity index (χ4v) is 1.25. The van der Waals surface area contributed by atoms with E-state index in [0.29, 0.717) is 19.6 Å². The van der Waals surface area contributed by atoms with Crippen LogP contribution >= 0.6 is 0 Å². The van der Waals surface area contributed by atoms with E-state index in [1.807, 2.05) is 6.92 Å². The molecule has 3 N–H and O–H groups in total. The third-order valence-corrected chi connectivity index (χ3v) is 2.24. The van der Waals surface area contributed by atoms with Gasteiger partial charge in [-0.05, 0) is 6.42 Å². The SMILES string of the molecule is CCC(COC)(NCCOC)C(N)=O. The van der Waals surface area contributed by atoms with Crippen LogP contribution in [0.5, 0.6) is 0 Å². The van der Waals surface area contributed by atoms with Crippen LogP contribution in [-0.2, 0) is 14.3 Å². The Balaban J connectivity index is 4.26. The zero-order chi connectivity index (χ0) is 11.0. The lowest BCUT2D eigenvalue weighted by Crippen LogP contribution is -2.58. The van der Waals surface area contributed by atoms with Gasteiger partial charge in [0.05, 0.1) is 13.2 Å². The smallest absolute Gasteiger partial charge is 0.240 e. The molecule has 0 radical (unpaired) electrons. The van der Waals surface area contributed by atoms with E-state index in [2.05, 4.69) is 5.32 Å². The molecule has 0 aliphatic carbocycles. The Morgan fingerprint density at radius 2 is 2.07 bits per heavy atom. The first-order valence-electron chi connectivity index (χ1n) is 4.65. The van der Waals surface area contributed by atoms with Crippen molar-refractivity contribution in [1.82, 2.24) is 5.32 Å². The molecule has 0 bridgehead atoms. The normalized spacial score (nSPS) is 15.1. The number of primary amides is 1. The molecule has 0 saturated carbocycles. The molecule has 1 amide bonds. The molecule has 0 aliphatic heterocycles. The molecule has 1 atom stereocenters. The number of hydrogen-bond donors (Lipinski definition) is 2. The van der Waals surface area contributed by atoms with Gasteiger partial charge < -0.3 is 15.2 Å². The van der Waals surface area contributed by atoms with Crippen molar-refractivity contribution in [2.45, 2.75) is 18.9 Å². The van der Waals surface area contributed by atoms with Crippen molar-refractivity contribution < 1.29 is 14.3 Å². The van der Waals surface area contributed by atoms with E-state index in [-0.39, 0.29) is 6.61 Å².